The van der Waals surface area contributed by atoms with Gasteiger partial charge in [-0.25, -0.2) is 4.79 Å². The lowest BCUT2D eigenvalue weighted by Gasteiger charge is -2.21. The van der Waals surface area contributed by atoms with Crippen LogP contribution in [0.5, 0.6) is 0 Å². The average molecular weight is 398 g/mol. The number of carboxylic acid groups (broad SMARTS) is 1. The van der Waals surface area contributed by atoms with Crippen molar-refractivity contribution in [3.63, 3.8) is 0 Å². The van der Waals surface area contributed by atoms with E-state index in [-0.39, 0.29) is 11.7 Å². The molecule has 0 bridgehead atoms. The quantitative estimate of drug-likeness (QED) is 0.272. The van der Waals surface area contributed by atoms with Gasteiger partial charge in [0.15, 0.2) is 0 Å². The molecule has 4 aromatic rings. The van der Waals surface area contributed by atoms with Crippen molar-refractivity contribution in [1.29, 1.82) is 0 Å². The molecule has 0 atom stereocenters. The molecule has 0 spiro atoms. The zero-order valence-electron chi connectivity index (χ0n) is 15.9. The highest BCUT2D eigenvalue weighted by atomic mass is 16.6. The van der Waals surface area contributed by atoms with Crippen molar-refractivity contribution in [2.75, 3.05) is 0 Å². The number of aromatic nitrogens is 1. The SMILES string of the molecule is O=C(O)/C=C/c1cn(C(c2ccccc2)c2ccccc2)c2ccc([N+](=O)[O-])cc12. The van der Waals surface area contributed by atoms with Crippen molar-refractivity contribution >= 4 is 28.6 Å². The number of nitro benzene ring substituents is 1. The summed E-state index contributed by atoms with van der Waals surface area (Å²) in [6, 6.07) is 24.4. The van der Waals surface area contributed by atoms with Crippen LogP contribution >= 0.6 is 0 Å². The lowest BCUT2D eigenvalue weighted by atomic mass is 9.98. The standard InChI is InChI=1S/C24H18N2O4/c27-23(28)14-11-19-16-25(22-13-12-20(26(29)30)15-21(19)22)24(17-7-3-1-4-8-17)18-9-5-2-6-10-18/h1-16,24H,(H,27,28)/b14-11+. The monoisotopic (exact) mass is 398 g/mol. The van der Waals surface area contributed by atoms with Crippen molar-refractivity contribution in [2.24, 2.45) is 0 Å². The molecule has 0 radical (unpaired) electrons. The van der Waals surface area contributed by atoms with Gasteiger partial charge in [0.1, 0.15) is 0 Å². The van der Waals surface area contributed by atoms with Gasteiger partial charge in [-0.2, -0.15) is 0 Å². The van der Waals surface area contributed by atoms with Gasteiger partial charge < -0.3 is 9.67 Å². The van der Waals surface area contributed by atoms with Gasteiger partial charge in [-0.3, -0.25) is 10.1 Å². The largest absolute Gasteiger partial charge is 0.478 e. The van der Waals surface area contributed by atoms with Gasteiger partial charge in [-0.1, -0.05) is 60.7 Å². The van der Waals surface area contributed by atoms with E-state index in [1.165, 1.54) is 18.2 Å². The van der Waals surface area contributed by atoms with Crippen LogP contribution < -0.4 is 0 Å². The molecule has 0 aliphatic carbocycles. The van der Waals surface area contributed by atoms with Gasteiger partial charge in [0.2, 0.25) is 0 Å². The molecule has 0 aliphatic heterocycles. The summed E-state index contributed by atoms with van der Waals surface area (Å²) >= 11 is 0. The molecule has 148 valence electrons. The first kappa shape index (κ1) is 19.1. The van der Waals surface area contributed by atoms with Crippen LogP contribution in [0, 0.1) is 10.1 Å². The molecule has 0 unspecified atom stereocenters. The Labute approximate surface area is 172 Å². The van der Waals surface area contributed by atoms with E-state index < -0.39 is 10.9 Å². The summed E-state index contributed by atoms with van der Waals surface area (Å²) in [6.45, 7) is 0. The molecular weight excluding hydrogens is 380 g/mol. The Morgan fingerprint density at radius 2 is 1.57 bits per heavy atom. The second-order valence-electron chi connectivity index (χ2n) is 6.85. The van der Waals surface area contributed by atoms with Gasteiger partial charge >= 0.3 is 5.97 Å². The molecule has 0 fully saturated rings. The number of benzene rings is 3. The van der Waals surface area contributed by atoms with Crippen molar-refractivity contribution in [3.05, 3.63) is 118 Å². The van der Waals surface area contributed by atoms with Crippen molar-refractivity contribution in [3.8, 4) is 0 Å². The summed E-state index contributed by atoms with van der Waals surface area (Å²) in [4.78, 5) is 21.9. The molecule has 0 aliphatic rings. The number of hydrogen-bond donors (Lipinski definition) is 1. The normalized spacial score (nSPS) is 11.4. The number of nitro groups is 1. The third-order valence-electron chi connectivity index (χ3n) is 4.97. The maximum atomic E-state index is 11.3. The number of fused-ring (bicyclic) bond motifs is 1. The van der Waals surface area contributed by atoms with Crippen molar-refractivity contribution < 1.29 is 14.8 Å². The Bertz CT molecular complexity index is 1200. The summed E-state index contributed by atoms with van der Waals surface area (Å²) in [5, 5.41) is 21.0. The fourth-order valence-corrected chi connectivity index (χ4v) is 3.67. The highest BCUT2D eigenvalue weighted by molar-refractivity contribution is 5.95. The topological polar surface area (TPSA) is 85.4 Å². The lowest BCUT2D eigenvalue weighted by Crippen LogP contribution is -2.11. The van der Waals surface area contributed by atoms with Crippen LogP contribution in [-0.2, 0) is 4.79 Å². The maximum Gasteiger partial charge on any atom is 0.328 e. The fraction of sp³-hybridized carbons (Fsp3) is 0.0417. The predicted octanol–water partition coefficient (Wildman–Crippen LogP) is 5.29. The maximum absolute atomic E-state index is 11.3. The molecule has 1 heterocycles. The van der Waals surface area contributed by atoms with Crippen LogP contribution in [0.2, 0.25) is 0 Å². The van der Waals surface area contributed by atoms with E-state index in [2.05, 4.69) is 0 Å². The molecule has 0 amide bonds. The zero-order valence-corrected chi connectivity index (χ0v) is 15.9. The van der Waals surface area contributed by atoms with Gasteiger partial charge in [-0.05, 0) is 23.3 Å². The first-order valence-electron chi connectivity index (χ1n) is 9.34. The molecule has 1 N–H and O–H groups in total. The molecule has 4 rings (SSSR count). The second kappa shape index (κ2) is 8.05. The summed E-state index contributed by atoms with van der Waals surface area (Å²) in [6.07, 6.45) is 4.36. The van der Waals surface area contributed by atoms with E-state index in [1.807, 2.05) is 71.4 Å². The smallest absolute Gasteiger partial charge is 0.328 e. The minimum Gasteiger partial charge on any atom is -0.478 e. The molecule has 0 saturated carbocycles. The number of nitrogens with zero attached hydrogens (tertiary/aromatic N) is 2. The highest BCUT2D eigenvalue weighted by Gasteiger charge is 2.21. The predicted molar refractivity (Wildman–Crippen MR) is 115 cm³/mol. The Morgan fingerprint density at radius 1 is 0.967 bits per heavy atom. The van der Waals surface area contributed by atoms with Crippen LogP contribution in [0.25, 0.3) is 17.0 Å². The lowest BCUT2D eigenvalue weighted by molar-refractivity contribution is -0.384. The summed E-state index contributed by atoms with van der Waals surface area (Å²) in [7, 11) is 0. The Morgan fingerprint density at radius 3 is 2.10 bits per heavy atom. The summed E-state index contributed by atoms with van der Waals surface area (Å²) in [5.41, 5.74) is 3.44. The third-order valence-corrected chi connectivity index (χ3v) is 4.97. The molecule has 3 aromatic carbocycles. The molecule has 6 nitrogen and oxygen atoms in total. The number of hydrogen-bond acceptors (Lipinski definition) is 3. The fourth-order valence-electron chi connectivity index (χ4n) is 3.67. The number of aliphatic carboxylic acids is 1. The van der Waals surface area contributed by atoms with E-state index in [1.54, 1.807) is 6.07 Å². The summed E-state index contributed by atoms with van der Waals surface area (Å²) in [5.74, 6) is -1.08. The molecule has 30 heavy (non-hydrogen) atoms. The highest BCUT2D eigenvalue weighted by Crippen LogP contribution is 2.34. The zero-order chi connectivity index (χ0) is 21.1. The minimum absolute atomic E-state index is 0.0406. The van der Waals surface area contributed by atoms with Gasteiger partial charge in [0.05, 0.1) is 11.0 Å². The van der Waals surface area contributed by atoms with Crippen LogP contribution in [0.15, 0.2) is 91.1 Å². The van der Waals surface area contributed by atoms with E-state index in [9.17, 15) is 14.9 Å². The molecular formula is C24H18N2O4. The Hall–Kier alpha value is -4.19. The minimum atomic E-state index is -1.08. The average Bonchev–Trinajstić information content (AvgIpc) is 3.11. The van der Waals surface area contributed by atoms with Crippen LogP contribution in [0.4, 0.5) is 5.69 Å². The van der Waals surface area contributed by atoms with Crippen LogP contribution in [-0.4, -0.2) is 20.6 Å². The van der Waals surface area contributed by atoms with E-state index in [0.29, 0.717) is 10.9 Å². The van der Waals surface area contributed by atoms with Crippen molar-refractivity contribution in [2.45, 2.75) is 6.04 Å². The van der Waals surface area contributed by atoms with Crippen LogP contribution in [0.1, 0.15) is 22.7 Å². The number of carbonyl (C=O) groups is 1. The molecule has 1 aromatic heterocycles. The van der Waals surface area contributed by atoms with E-state index >= 15 is 0 Å². The third kappa shape index (κ3) is 3.71. The Kier molecular flexibility index (Phi) is 5.13. The van der Waals surface area contributed by atoms with Crippen LogP contribution in [0.3, 0.4) is 0 Å². The molecule has 6 heteroatoms. The second-order valence-corrected chi connectivity index (χ2v) is 6.85. The van der Waals surface area contributed by atoms with E-state index in [0.717, 1.165) is 22.7 Å². The molecule has 0 saturated heterocycles. The number of non-ortho nitro benzene ring substituents is 1. The van der Waals surface area contributed by atoms with Gasteiger partial charge in [0, 0.05) is 40.9 Å². The van der Waals surface area contributed by atoms with Crippen molar-refractivity contribution in [1.82, 2.24) is 4.57 Å². The Balaban J connectivity index is 1.99. The first-order chi connectivity index (χ1) is 14.5. The van der Waals surface area contributed by atoms with Gasteiger partial charge in [0.25, 0.3) is 5.69 Å². The number of carboxylic acids is 1. The van der Waals surface area contributed by atoms with Gasteiger partial charge in [-0.15, -0.1) is 0 Å². The first-order valence-corrected chi connectivity index (χ1v) is 9.34. The number of rotatable bonds is 6. The van der Waals surface area contributed by atoms with E-state index in [4.69, 9.17) is 5.11 Å². The summed E-state index contributed by atoms with van der Waals surface area (Å²) < 4.78 is 2.03.